The van der Waals surface area contributed by atoms with Crippen LogP contribution in [0, 0.1) is 0 Å². The summed E-state index contributed by atoms with van der Waals surface area (Å²) in [7, 11) is 4.14. The lowest BCUT2D eigenvalue weighted by Gasteiger charge is -2.43. The summed E-state index contributed by atoms with van der Waals surface area (Å²) in [5.41, 5.74) is 0.0880. The van der Waals surface area contributed by atoms with Crippen molar-refractivity contribution in [2.45, 2.75) is 51.0 Å². The quantitative estimate of drug-likeness (QED) is 0.738. The second-order valence-corrected chi connectivity index (χ2v) is 5.33. The molecule has 1 aliphatic rings. The minimum atomic E-state index is -0.149. The van der Waals surface area contributed by atoms with Gasteiger partial charge < -0.3 is 10.2 Å². The van der Waals surface area contributed by atoms with Gasteiger partial charge in [0.25, 0.3) is 0 Å². The third kappa shape index (κ3) is 4.11. The van der Waals surface area contributed by atoms with Crippen molar-refractivity contribution in [1.82, 2.24) is 10.2 Å². The molecule has 1 amide bonds. The molecule has 0 radical (unpaired) electrons. The molecule has 0 aromatic rings. The molecule has 0 saturated heterocycles. The Hall–Kier alpha value is -0.900. The van der Waals surface area contributed by atoms with Crippen LogP contribution in [0.15, 0.2) is 0 Å². The van der Waals surface area contributed by atoms with Crippen LogP contribution in [0.4, 0.5) is 0 Å². The van der Waals surface area contributed by atoms with Gasteiger partial charge in [0.2, 0.25) is 5.91 Å². The highest BCUT2D eigenvalue weighted by atomic mass is 16.2. The Labute approximate surface area is 104 Å². The SMILES string of the molecule is CC(=O)CC(=O)NCC1(N(C)C)CCCCC1. The highest BCUT2D eigenvalue weighted by molar-refractivity contribution is 5.96. The van der Waals surface area contributed by atoms with Crippen molar-refractivity contribution >= 4 is 11.7 Å². The van der Waals surface area contributed by atoms with Crippen molar-refractivity contribution in [2.75, 3.05) is 20.6 Å². The normalized spacial score (nSPS) is 19.1. The average molecular weight is 240 g/mol. The molecule has 0 atom stereocenters. The van der Waals surface area contributed by atoms with Gasteiger partial charge in [0.1, 0.15) is 5.78 Å². The molecule has 4 heteroatoms. The Bertz CT molecular complexity index is 281. The summed E-state index contributed by atoms with van der Waals surface area (Å²) in [6.07, 6.45) is 5.99. The molecule has 1 fully saturated rings. The largest absolute Gasteiger partial charge is 0.354 e. The number of ketones is 1. The molecule has 1 saturated carbocycles. The molecule has 0 spiro atoms. The third-order valence-corrected chi connectivity index (χ3v) is 3.76. The van der Waals surface area contributed by atoms with Gasteiger partial charge in [-0.2, -0.15) is 0 Å². The minimum absolute atomic E-state index is 0.00348. The van der Waals surface area contributed by atoms with E-state index in [1.807, 2.05) is 0 Å². The van der Waals surface area contributed by atoms with Crippen LogP contribution in [0.2, 0.25) is 0 Å². The number of carbonyl (C=O) groups excluding carboxylic acids is 2. The zero-order valence-electron chi connectivity index (χ0n) is 11.2. The monoisotopic (exact) mass is 240 g/mol. The molecule has 0 bridgehead atoms. The van der Waals surface area contributed by atoms with Crippen LogP contribution in [0.5, 0.6) is 0 Å². The Kier molecular flexibility index (Phi) is 5.12. The van der Waals surface area contributed by atoms with Crippen LogP contribution in [-0.4, -0.2) is 42.8 Å². The first-order valence-corrected chi connectivity index (χ1v) is 6.40. The lowest BCUT2D eigenvalue weighted by Crippen LogP contribution is -2.53. The summed E-state index contributed by atoms with van der Waals surface area (Å²) in [5.74, 6) is -0.227. The summed E-state index contributed by atoms with van der Waals surface area (Å²) in [5, 5.41) is 2.90. The number of amides is 1. The zero-order chi connectivity index (χ0) is 12.9. The number of nitrogens with one attached hydrogen (secondary N) is 1. The zero-order valence-corrected chi connectivity index (χ0v) is 11.2. The molecular weight excluding hydrogens is 216 g/mol. The number of hydrogen-bond donors (Lipinski definition) is 1. The molecule has 1 aliphatic carbocycles. The Morgan fingerprint density at radius 2 is 1.76 bits per heavy atom. The van der Waals surface area contributed by atoms with Gasteiger partial charge in [-0.3, -0.25) is 9.59 Å². The van der Waals surface area contributed by atoms with E-state index in [4.69, 9.17) is 0 Å². The summed E-state index contributed by atoms with van der Waals surface area (Å²) < 4.78 is 0. The molecule has 0 unspecified atom stereocenters. The van der Waals surface area contributed by atoms with Crippen molar-refractivity contribution in [3.05, 3.63) is 0 Å². The van der Waals surface area contributed by atoms with E-state index < -0.39 is 0 Å². The molecular formula is C13H24N2O2. The topological polar surface area (TPSA) is 49.4 Å². The number of likely N-dealkylation sites (N-methyl/N-ethyl adjacent to an activating group) is 1. The van der Waals surface area contributed by atoms with Gasteiger partial charge in [-0.25, -0.2) is 0 Å². The van der Waals surface area contributed by atoms with Crippen molar-refractivity contribution in [3.63, 3.8) is 0 Å². The highest BCUT2D eigenvalue weighted by Crippen LogP contribution is 2.31. The first kappa shape index (κ1) is 14.2. The summed E-state index contributed by atoms with van der Waals surface area (Å²) in [6.45, 7) is 2.11. The van der Waals surface area contributed by atoms with E-state index in [2.05, 4.69) is 24.3 Å². The van der Waals surface area contributed by atoms with E-state index in [1.54, 1.807) is 0 Å². The molecule has 98 valence electrons. The van der Waals surface area contributed by atoms with Crippen LogP contribution < -0.4 is 5.32 Å². The molecule has 0 heterocycles. The second kappa shape index (κ2) is 6.15. The Morgan fingerprint density at radius 1 is 1.18 bits per heavy atom. The highest BCUT2D eigenvalue weighted by Gasteiger charge is 2.34. The van der Waals surface area contributed by atoms with Crippen LogP contribution in [0.1, 0.15) is 45.4 Å². The first-order chi connectivity index (χ1) is 7.96. The van der Waals surface area contributed by atoms with Crippen molar-refractivity contribution < 1.29 is 9.59 Å². The van der Waals surface area contributed by atoms with Gasteiger partial charge in [0.05, 0.1) is 6.42 Å². The van der Waals surface area contributed by atoms with E-state index in [9.17, 15) is 9.59 Å². The van der Waals surface area contributed by atoms with E-state index >= 15 is 0 Å². The van der Waals surface area contributed by atoms with Crippen LogP contribution in [0.25, 0.3) is 0 Å². The molecule has 0 aromatic heterocycles. The van der Waals surface area contributed by atoms with Crippen LogP contribution in [0.3, 0.4) is 0 Å². The summed E-state index contributed by atoms with van der Waals surface area (Å²) in [6, 6.07) is 0. The van der Waals surface area contributed by atoms with Gasteiger partial charge in [0.15, 0.2) is 0 Å². The number of Topliss-reactive ketones (excluding diaryl/α,β-unsaturated/α-hetero) is 1. The van der Waals surface area contributed by atoms with Gasteiger partial charge >= 0.3 is 0 Å². The molecule has 1 N–H and O–H groups in total. The number of nitrogens with zero attached hydrogens (tertiary/aromatic N) is 1. The first-order valence-electron chi connectivity index (χ1n) is 6.40. The minimum Gasteiger partial charge on any atom is -0.354 e. The molecule has 0 aromatic carbocycles. The molecule has 17 heavy (non-hydrogen) atoms. The molecule has 4 nitrogen and oxygen atoms in total. The number of rotatable bonds is 5. The van der Waals surface area contributed by atoms with Crippen LogP contribution >= 0.6 is 0 Å². The van der Waals surface area contributed by atoms with Gasteiger partial charge in [0, 0.05) is 12.1 Å². The average Bonchev–Trinajstić information content (AvgIpc) is 2.26. The Morgan fingerprint density at radius 3 is 2.24 bits per heavy atom. The van der Waals surface area contributed by atoms with E-state index in [-0.39, 0.29) is 23.7 Å². The number of hydrogen-bond acceptors (Lipinski definition) is 3. The van der Waals surface area contributed by atoms with Gasteiger partial charge in [-0.1, -0.05) is 19.3 Å². The van der Waals surface area contributed by atoms with Crippen molar-refractivity contribution in [1.29, 1.82) is 0 Å². The van der Waals surface area contributed by atoms with Gasteiger partial charge in [-0.05, 0) is 33.9 Å². The van der Waals surface area contributed by atoms with Crippen molar-refractivity contribution in [2.24, 2.45) is 0 Å². The molecule has 1 rings (SSSR count). The van der Waals surface area contributed by atoms with Gasteiger partial charge in [-0.15, -0.1) is 0 Å². The maximum Gasteiger partial charge on any atom is 0.227 e. The maximum atomic E-state index is 11.5. The number of carbonyl (C=O) groups is 2. The van der Waals surface area contributed by atoms with E-state index in [0.717, 1.165) is 12.8 Å². The lowest BCUT2D eigenvalue weighted by atomic mass is 9.80. The summed E-state index contributed by atoms with van der Waals surface area (Å²) in [4.78, 5) is 24.6. The fourth-order valence-corrected chi connectivity index (χ4v) is 2.54. The fraction of sp³-hybridized carbons (Fsp3) is 0.846. The maximum absolute atomic E-state index is 11.5. The van der Waals surface area contributed by atoms with Crippen LogP contribution in [-0.2, 0) is 9.59 Å². The van der Waals surface area contributed by atoms with Crippen molar-refractivity contribution in [3.8, 4) is 0 Å². The fourth-order valence-electron chi connectivity index (χ4n) is 2.54. The lowest BCUT2D eigenvalue weighted by molar-refractivity contribution is -0.127. The third-order valence-electron chi connectivity index (χ3n) is 3.76. The smallest absolute Gasteiger partial charge is 0.227 e. The predicted molar refractivity (Wildman–Crippen MR) is 67.8 cm³/mol. The Balaban J connectivity index is 2.50. The predicted octanol–water partition coefficient (Wildman–Crippen LogP) is 1.35. The van der Waals surface area contributed by atoms with E-state index in [1.165, 1.54) is 26.2 Å². The molecule has 0 aliphatic heterocycles. The summed E-state index contributed by atoms with van der Waals surface area (Å²) >= 11 is 0. The van der Waals surface area contributed by atoms with E-state index in [0.29, 0.717) is 6.54 Å². The standard InChI is InChI=1S/C13H24N2O2/c1-11(16)9-12(17)14-10-13(15(2)3)7-5-4-6-8-13/h4-10H2,1-3H3,(H,14,17). The second-order valence-electron chi connectivity index (χ2n) is 5.33.